The normalized spacial score (nSPS) is 12.7. The molecule has 0 aliphatic carbocycles. The molecule has 2 N–H and O–H groups in total. The molecule has 96 valence electrons. The molecule has 0 amide bonds. The van der Waals surface area contributed by atoms with E-state index in [1.807, 2.05) is 0 Å². The maximum Gasteiger partial charge on any atom is 0.0346 e. The summed E-state index contributed by atoms with van der Waals surface area (Å²) >= 11 is 1.77. The first-order chi connectivity index (χ1) is 9.25. The average molecular weight is 267 g/mol. The Morgan fingerprint density at radius 1 is 1.05 bits per heavy atom. The lowest BCUT2D eigenvalue weighted by Crippen LogP contribution is -2.13. The summed E-state index contributed by atoms with van der Waals surface area (Å²) in [6, 6.07) is 17.2. The first kappa shape index (κ1) is 12.4. The Balaban J connectivity index is 1.96. The minimum Gasteiger partial charge on any atom is -0.324 e. The minimum absolute atomic E-state index is 0.0806. The topological polar surface area (TPSA) is 26.0 Å². The van der Waals surface area contributed by atoms with Gasteiger partial charge in [-0.2, -0.15) is 0 Å². The van der Waals surface area contributed by atoms with E-state index in [-0.39, 0.29) is 6.04 Å². The van der Waals surface area contributed by atoms with Crippen molar-refractivity contribution < 1.29 is 0 Å². The van der Waals surface area contributed by atoms with Crippen LogP contribution >= 0.6 is 11.3 Å². The van der Waals surface area contributed by atoms with Gasteiger partial charge in [0, 0.05) is 10.9 Å². The summed E-state index contributed by atoms with van der Waals surface area (Å²) < 4.78 is 0. The Labute approximate surface area is 117 Å². The van der Waals surface area contributed by atoms with Crippen LogP contribution in [0.15, 0.2) is 53.9 Å². The van der Waals surface area contributed by atoms with Gasteiger partial charge < -0.3 is 5.73 Å². The Kier molecular flexibility index (Phi) is 3.36. The second-order valence-electron chi connectivity index (χ2n) is 4.88. The highest BCUT2D eigenvalue weighted by Crippen LogP contribution is 2.26. The monoisotopic (exact) mass is 267 g/mol. The summed E-state index contributed by atoms with van der Waals surface area (Å²) in [7, 11) is 0. The standard InChI is InChI=1S/C17H17NS/c1-12-15(9-10-19-12)17(18)11-14-7-4-6-13-5-2-3-8-16(13)14/h2-10,17H,11,18H2,1H3. The largest absolute Gasteiger partial charge is 0.324 e. The maximum absolute atomic E-state index is 6.37. The molecule has 0 bridgehead atoms. The molecule has 0 aliphatic rings. The predicted molar refractivity (Wildman–Crippen MR) is 83.6 cm³/mol. The molecule has 1 unspecified atom stereocenters. The van der Waals surface area contributed by atoms with E-state index in [0.29, 0.717) is 0 Å². The van der Waals surface area contributed by atoms with Gasteiger partial charge in [-0.15, -0.1) is 11.3 Å². The van der Waals surface area contributed by atoms with Gasteiger partial charge in [-0.3, -0.25) is 0 Å². The Bertz CT molecular complexity index is 694. The van der Waals surface area contributed by atoms with Crippen LogP contribution in [-0.4, -0.2) is 0 Å². The molecule has 0 radical (unpaired) electrons. The smallest absolute Gasteiger partial charge is 0.0346 e. The van der Waals surface area contributed by atoms with Crippen molar-refractivity contribution in [2.45, 2.75) is 19.4 Å². The van der Waals surface area contributed by atoms with Gasteiger partial charge >= 0.3 is 0 Å². The van der Waals surface area contributed by atoms with Gasteiger partial charge in [0.25, 0.3) is 0 Å². The number of fused-ring (bicyclic) bond motifs is 1. The summed E-state index contributed by atoms with van der Waals surface area (Å²) in [5, 5.41) is 4.72. The van der Waals surface area contributed by atoms with Gasteiger partial charge in [0.15, 0.2) is 0 Å². The number of thiophene rings is 1. The maximum atomic E-state index is 6.37. The van der Waals surface area contributed by atoms with Crippen molar-refractivity contribution >= 4 is 22.1 Å². The highest BCUT2D eigenvalue weighted by molar-refractivity contribution is 7.10. The summed E-state index contributed by atoms with van der Waals surface area (Å²) in [5.41, 5.74) is 8.98. The number of hydrogen-bond acceptors (Lipinski definition) is 2. The highest BCUT2D eigenvalue weighted by Gasteiger charge is 2.12. The lowest BCUT2D eigenvalue weighted by Gasteiger charge is -2.13. The van der Waals surface area contributed by atoms with Crippen LogP contribution in [0.3, 0.4) is 0 Å². The molecule has 0 spiro atoms. The molecule has 3 aromatic rings. The number of nitrogens with two attached hydrogens (primary N) is 1. The van der Waals surface area contributed by atoms with E-state index < -0.39 is 0 Å². The molecule has 0 aliphatic heterocycles. The highest BCUT2D eigenvalue weighted by atomic mass is 32.1. The molecule has 1 nitrogen and oxygen atoms in total. The molecule has 0 fully saturated rings. The van der Waals surface area contributed by atoms with E-state index in [4.69, 9.17) is 5.73 Å². The van der Waals surface area contributed by atoms with Crippen molar-refractivity contribution in [3.63, 3.8) is 0 Å². The molecular formula is C17H17NS. The Morgan fingerprint density at radius 2 is 1.84 bits per heavy atom. The fourth-order valence-corrected chi connectivity index (χ4v) is 3.37. The van der Waals surface area contributed by atoms with Crippen LogP contribution < -0.4 is 5.73 Å². The zero-order valence-electron chi connectivity index (χ0n) is 11.0. The number of aryl methyl sites for hydroxylation is 1. The van der Waals surface area contributed by atoms with Gasteiger partial charge in [0.05, 0.1) is 0 Å². The fourth-order valence-electron chi connectivity index (χ4n) is 2.60. The SMILES string of the molecule is Cc1sccc1C(N)Cc1cccc2ccccc12. The van der Waals surface area contributed by atoms with Crippen LogP contribution in [0.25, 0.3) is 10.8 Å². The van der Waals surface area contributed by atoms with Gasteiger partial charge in [0.2, 0.25) is 0 Å². The molecule has 0 saturated carbocycles. The quantitative estimate of drug-likeness (QED) is 0.745. The third kappa shape index (κ3) is 2.42. The van der Waals surface area contributed by atoms with Crippen LogP contribution in [0.1, 0.15) is 22.0 Å². The van der Waals surface area contributed by atoms with Crippen LogP contribution in [-0.2, 0) is 6.42 Å². The molecule has 1 atom stereocenters. The van der Waals surface area contributed by atoms with Crippen molar-refractivity contribution in [2.24, 2.45) is 5.73 Å². The number of benzene rings is 2. The first-order valence-electron chi connectivity index (χ1n) is 6.52. The van der Waals surface area contributed by atoms with Crippen molar-refractivity contribution in [2.75, 3.05) is 0 Å². The van der Waals surface area contributed by atoms with E-state index in [0.717, 1.165) is 6.42 Å². The van der Waals surface area contributed by atoms with Crippen molar-refractivity contribution in [1.82, 2.24) is 0 Å². The van der Waals surface area contributed by atoms with E-state index in [1.54, 1.807) is 11.3 Å². The Hall–Kier alpha value is -1.64. The van der Waals surface area contributed by atoms with E-state index in [9.17, 15) is 0 Å². The Morgan fingerprint density at radius 3 is 2.63 bits per heavy atom. The van der Waals surface area contributed by atoms with Gasteiger partial charge in [0.1, 0.15) is 0 Å². The number of rotatable bonds is 3. The third-order valence-corrected chi connectivity index (χ3v) is 4.48. The fraction of sp³-hybridized carbons (Fsp3) is 0.176. The van der Waals surface area contributed by atoms with E-state index in [1.165, 1.54) is 26.8 Å². The van der Waals surface area contributed by atoms with Crippen molar-refractivity contribution in [1.29, 1.82) is 0 Å². The summed E-state index contributed by atoms with van der Waals surface area (Å²) in [6.07, 6.45) is 0.888. The molecule has 19 heavy (non-hydrogen) atoms. The molecule has 1 heterocycles. The minimum atomic E-state index is 0.0806. The molecule has 2 aromatic carbocycles. The van der Waals surface area contributed by atoms with E-state index in [2.05, 4.69) is 60.8 Å². The van der Waals surface area contributed by atoms with Crippen molar-refractivity contribution in [3.05, 3.63) is 69.9 Å². The van der Waals surface area contributed by atoms with Crippen LogP contribution in [0.5, 0.6) is 0 Å². The van der Waals surface area contributed by atoms with Crippen LogP contribution in [0, 0.1) is 6.92 Å². The second kappa shape index (κ2) is 5.16. The van der Waals surface area contributed by atoms with Gasteiger partial charge in [-0.1, -0.05) is 42.5 Å². The molecular weight excluding hydrogens is 250 g/mol. The molecule has 3 rings (SSSR count). The third-order valence-electron chi connectivity index (χ3n) is 3.62. The second-order valence-corrected chi connectivity index (χ2v) is 6.00. The predicted octanol–water partition coefficient (Wildman–Crippen LogP) is 4.45. The van der Waals surface area contributed by atoms with Crippen LogP contribution in [0.4, 0.5) is 0 Å². The summed E-state index contributed by atoms with van der Waals surface area (Å²) in [6.45, 7) is 2.14. The first-order valence-corrected chi connectivity index (χ1v) is 7.40. The summed E-state index contributed by atoms with van der Waals surface area (Å²) in [5.74, 6) is 0. The lowest BCUT2D eigenvalue weighted by molar-refractivity contribution is 0.724. The molecule has 2 heteroatoms. The lowest BCUT2D eigenvalue weighted by atomic mass is 9.96. The summed E-state index contributed by atoms with van der Waals surface area (Å²) in [4.78, 5) is 1.33. The molecule has 1 aromatic heterocycles. The zero-order valence-corrected chi connectivity index (χ0v) is 11.8. The van der Waals surface area contributed by atoms with Crippen LogP contribution in [0.2, 0.25) is 0 Å². The average Bonchev–Trinajstić information content (AvgIpc) is 2.85. The van der Waals surface area contributed by atoms with Crippen molar-refractivity contribution in [3.8, 4) is 0 Å². The zero-order chi connectivity index (χ0) is 13.2. The van der Waals surface area contributed by atoms with E-state index >= 15 is 0 Å². The van der Waals surface area contributed by atoms with Gasteiger partial charge in [-0.25, -0.2) is 0 Å². The van der Waals surface area contributed by atoms with Gasteiger partial charge in [-0.05, 0) is 46.7 Å². The molecule has 0 saturated heterocycles. The number of hydrogen-bond donors (Lipinski definition) is 1.